The van der Waals surface area contributed by atoms with E-state index < -0.39 is 107 Å². The standard InChI is InChI=1S/2C19H17FN6O7S2.2K/c2*20-10-3-1-2-8(4-10)14(29)15(30)21-12-16(31)26-13(18(32)33)9(6-34-17(12)26)7-35-19-22-23-24-25(19)5-11(27)28;;/h2*1-4,12,14,17,29H,5-7H2,(H,21,30)(H,27,28)(H,32,33);;/q;;2*+1/p-2/t2*12?,14-,17-;;/m11../s1. The molecule has 2 aromatic carbocycles. The van der Waals surface area contributed by atoms with E-state index in [-0.39, 0.29) is 159 Å². The molecule has 4 aliphatic rings. The Balaban J connectivity index is 0.000000260. The zero-order valence-electron chi connectivity index (χ0n) is 37.1. The molecule has 6 heterocycles. The van der Waals surface area contributed by atoms with Gasteiger partial charge in [0.15, 0.2) is 12.2 Å². The van der Waals surface area contributed by atoms with E-state index in [2.05, 4.69) is 41.7 Å². The molecule has 2 saturated heterocycles. The van der Waals surface area contributed by atoms with Gasteiger partial charge in [-0.3, -0.25) is 38.6 Å². The number of rotatable bonds is 18. The summed E-state index contributed by atoms with van der Waals surface area (Å²) < 4.78 is 28.8. The first-order valence-corrected chi connectivity index (χ1v) is 23.9. The molecule has 0 aliphatic carbocycles. The van der Waals surface area contributed by atoms with E-state index in [4.69, 9.17) is 10.2 Å². The van der Waals surface area contributed by atoms with Crippen LogP contribution in [0.25, 0.3) is 0 Å². The molecule has 0 spiro atoms. The number of nitrogens with one attached hydrogen (secondary N) is 2. The SMILES string of the molecule is O=C(O)Cn1nnnc1SCC1=C(C(=O)[O-])N2C(=O)C(NC(=O)[C@H](O)c3cccc(F)c3)[C@H]2SC1.O=C(O)Cn1nnnc1SCC1=C(C(=O)[O-])N2C(=O)C(NC(=O)[C@H](O)c3cccc(F)c3)[C@H]2SC1.[K+].[K+]. The van der Waals surface area contributed by atoms with Crippen LogP contribution in [0.15, 0.2) is 81.4 Å². The number of fused-ring (bicyclic) bond motifs is 2. The third kappa shape index (κ3) is 13.6. The van der Waals surface area contributed by atoms with Gasteiger partial charge < -0.3 is 50.9 Å². The molecule has 8 rings (SSSR count). The Labute approximate surface area is 504 Å². The van der Waals surface area contributed by atoms with Gasteiger partial charge >= 0.3 is 115 Å². The van der Waals surface area contributed by atoms with Crippen molar-refractivity contribution in [3.8, 4) is 0 Å². The topological polar surface area (TPSA) is 381 Å². The number of carboxylic acids is 4. The van der Waals surface area contributed by atoms with Gasteiger partial charge in [-0.1, -0.05) is 47.8 Å². The number of carbonyl (C=O) groups is 8. The Bertz CT molecular complexity index is 2680. The smallest absolute Gasteiger partial charge is 0.543 e. The van der Waals surface area contributed by atoms with Crippen molar-refractivity contribution < 1.29 is 181 Å². The number of amides is 4. The maximum Gasteiger partial charge on any atom is 1.00 e. The number of aliphatic hydroxyl groups is 2. The molecule has 368 valence electrons. The fraction of sp³-hybridized carbons (Fsp3) is 0.316. The fourth-order valence-corrected chi connectivity index (χ4v) is 11.8. The van der Waals surface area contributed by atoms with Crippen molar-refractivity contribution >= 4 is 94.6 Å². The van der Waals surface area contributed by atoms with Crippen LogP contribution in [-0.4, -0.2) is 164 Å². The first-order chi connectivity index (χ1) is 33.3. The van der Waals surface area contributed by atoms with E-state index in [0.717, 1.165) is 67.0 Å². The number of tetrazole rings is 2. The third-order valence-corrected chi connectivity index (χ3v) is 15.0. The van der Waals surface area contributed by atoms with Gasteiger partial charge in [0.05, 0.1) is 23.3 Å². The normalized spacial score (nSPS) is 19.6. The number of halogens is 2. The van der Waals surface area contributed by atoms with E-state index >= 15 is 0 Å². The van der Waals surface area contributed by atoms with Crippen LogP contribution >= 0.6 is 47.0 Å². The van der Waals surface area contributed by atoms with E-state index in [9.17, 15) is 67.6 Å². The van der Waals surface area contributed by atoms with E-state index in [0.29, 0.717) is 11.1 Å². The summed E-state index contributed by atoms with van der Waals surface area (Å²) in [5, 5.41) is 86.9. The maximum absolute atomic E-state index is 13.4. The molecule has 2 fully saturated rings. The number of aliphatic carboxylic acids is 4. The zero-order valence-corrected chi connectivity index (χ0v) is 46.6. The van der Waals surface area contributed by atoms with Crippen LogP contribution in [0.2, 0.25) is 0 Å². The Kier molecular flexibility index (Phi) is 21.5. The molecule has 2 aromatic heterocycles. The Hall–Kier alpha value is -3.73. The summed E-state index contributed by atoms with van der Waals surface area (Å²) in [6.45, 7) is -0.960. The monoisotopic (exact) mass is 1120 g/mol. The van der Waals surface area contributed by atoms with Gasteiger partial charge in [0.25, 0.3) is 23.6 Å². The number of carbonyl (C=O) groups excluding carboxylic acids is 6. The second-order valence-corrected chi connectivity index (χ2v) is 18.9. The molecule has 4 aromatic rings. The largest absolute Gasteiger partial charge is 1.00 e. The average molecular weight is 1130 g/mol. The van der Waals surface area contributed by atoms with Crippen molar-refractivity contribution in [2.75, 3.05) is 23.0 Å². The van der Waals surface area contributed by atoms with Crippen molar-refractivity contribution in [3.05, 3.63) is 93.8 Å². The minimum Gasteiger partial charge on any atom is -0.543 e. The van der Waals surface area contributed by atoms with Crippen LogP contribution in [0.1, 0.15) is 23.3 Å². The zero-order chi connectivity index (χ0) is 50.6. The second kappa shape index (κ2) is 26.2. The van der Waals surface area contributed by atoms with Crippen LogP contribution in [0, 0.1) is 11.6 Å². The molecule has 72 heavy (non-hydrogen) atoms. The number of hydrogen-bond acceptors (Lipinski definition) is 22. The predicted molar refractivity (Wildman–Crippen MR) is 229 cm³/mol. The number of carboxylic acid groups (broad SMARTS) is 4. The maximum atomic E-state index is 13.4. The van der Waals surface area contributed by atoms with E-state index in [1.807, 2.05) is 0 Å². The van der Waals surface area contributed by atoms with Gasteiger partial charge in [-0.15, -0.1) is 33.7 Å². The molecule has 4 amide bonds. The fourth-order valence-electron chi connectivity index (χ4n) is 7.04. The van der Waals surface area contributed by atoms with Gasteiger partial charge in [0.2, 0.25) is 10.3 Å². The molecule has 2 unspecified atom stereocenters. The van der Waals surface area contributed by atoms with E-state index in [1.165, 1.54) is 47.8 Å². The third-order valence-electron chi connectivity index (χ3n) is 10.2. The molecule has 26 nitrogen and oxygen atoms in total. The molecule has 4 aliphatic heterocycles. The number of β-lactam (4-membered cyclic amide) rings is 2. The summed E-state index contributed by atoms with van der Waals surface area (Å²) in [7, 11) is 0. The first-order valence-electron chi connectivity index (χ1n) is 19.8. The van der Waals surface area contributed by atoms with Crippen molar-refractivity contribution in [2.45, 2.75) is 58.4 Å². The minimum atomic E-state index is -1.72. The van der Waals surface area contributed by atoms with Gasteiger partial charge in [0, 0.05) is 23.0 Å². The number of nitrogens with zero attached hydrogens (tertiary/aromatic N) is 10. The molecular formula is C38H32F2K2N12O14S4. The van der Waals surface area contributed by atoms with Crippen molar-refractivity contribution in [3.63, 3.8) is 0 Å². The first kappa shape index (κ1) is 59.2. The predicted octanol–water partition coefficient (Wildman–Crippen LogP) is -9.74. The molecule has 6 atom stereocenters. The molecular weight excluding hydrogens is 1090 g/mol. The van der Waals surface area contributed by atoms with E-state index in [1.54, 1.807) is 0 Å². The molecule has 0 radical (unpaired) electrons. The number of aliphatic hydroxyl groups excluding tert-OH is 2. The van der Waals surface area contributed by atoms with Crippen LogP contribution in [0.3, 0.4) is 0 Å². The summed E-state index contributed by atoms with van der Waals surface area (Å²) in [6, 6.07) is 7.44. The summed E-state index contributed by atoms with van der Waals surface area (Å²) >= 11 is 4.38. The van der Waals surface area contributed by atoms with Crippen molar-refractivity contribution in [1.82, 2.24) is 60.8 Å². The quantitative estimate of drug-likeness (QED) is 0.0306. The van der Waals surface area contributed by atoms with Crippen LogP contribution in [-0.2, 0) is 51.4 Å². The Morgan fingerprint density at radius 3 is 1.39 bits per heavy atom. The van der Waals surface area contributed by atoms with Gasteiger partial charge in [-0.2, -0.15) is 0 Å². The molecule has 34 heteroatoms. The van der Waals surface area contributed by atoms with Crippen LogP contribution in [0.4, 0.5) is 8.78 Å². The van der Waals surface area contributed by atoms with Crippen LogP contribution < -0.4 is 124 Å². The van der Waals surface area contributed by atoms with Crippen LogP contribution in [0.5, 0.6) is 0 Å². The number of benzene rings is 2. The minimum absolute atomic E-state index is 0. The van der Waals surface area contributed by atoms with Gasteiger partial charge in [-0.05, 0) is 67.4 Å². The van der Waals surface area contributed by atoms with Gasteiger partial charge in [0.1, 0.15) is 47.6 Å². The average Bonchev–Trinajstić information content (AvgIpc) is 3.97. The molecule has 6 N–H and O–H groups in total. The summed E-state index contributed by atoms with van der Waals surface area (Å²) in [4.78, 5) is 97.9. The Morgan fingerprint density at radius 1 is 0.681 bits per heavy atom. The summed E-state index contributed by atoms with van der Waals surface area (Å²) in [5.74, 6) is -9.64. The number of aromatic nitrogens is 8. The van der Waals surface area contributed by atoms with Crippen molar-refractivity contribution in [1.29, 1.82) is 0 Å². The second-order valence-electron chi connectivity index (χ2n) is 14.8. The van der Waals surface area contributed by atoms with Gasteiger partial charge in [-0.25, -0.2) is 18.1 Å². The summed E-state index contributed by atoms with van der Waals surface area (Å²) in [5.41, 5.74) is -0.0259. The molecule has 0 saturated carbocycles. The summed E-state index contributed by atoms with van der Waals surface area (Å²) in [6.07, 6.45) is -3.44. The Morgan fingerprint density at radius 2 is 1.06 bits per heavy atom. The van der Waals surface area contributed by atoms with Crippen molar-refractivity contribution in [2.24, 2.45) is 0 Å². The number of hydrogen-bond donors (Lipinski definition) is 6. The molecule has 0 bridgehead atoms. The number of thioether (sulfide) groups is 4.